The summed E-state index contributed by atoms with van der Waals surface area (Å²) in [6, 6.07) is 13.6. The van der Waals surface area contributed by atoms with E-state index in [0.29, 0.717) is 5.50 Å². The number of rotatable bonds is 5. The fourth-order valence-electron chi connectivity index (χ4n) is 3.06. The van der Waals surface area contributed by atoms with Crippen LogP contribution in [0.25, 0.3) is 0 Å². The molecule has 0 fully saturated rings. The van der Waals surface area contributed by atoms with Crippen LogP contribution >= 0.6 is 11.6 Å². The summed E-state index contributed by atoms with van der Waals surface area (Å²) in [5.41, 5.74) is 1.66. The Labute approximate surface area is 138 Å². The average Bonchev–Trinajstić information content (AvgIpc) is 2.47. The third kappa shape index (κ3) is 3.86. The molecule has 0 aliphatic carbocycles. The number of halogens is 3. The smallest absolute Gasteiger partial charge is 0.123 e. The molecule has 0 amide bonds. The number of hydrogen-bond acceptors (Lipinski definition) is 0. The second-order valence-corrected chi connectivity index (χ2v) is 17.3. The summed E-state index contributed by atoms with van der Waals surface area (Å²) in [6.07, 6.45) is 0. The van der Waals surface area contributed by atoms with E-state index in [1.165, 1.54) is 34.6 Å². The zero-order valence-corrected chi connectivity index (χ0v) is 15.9. The van der Waals surface area contributed by atoms with Crippen molar-refractivity contribution in [1.82, 2.24) is 0 Å². The first-order chi connectivity index (χ1) is 10.3. The minimum Gasteiger partial charge on any atom is -0.207 e. The summed E-state index contributed by atoms with van der Waals surface area (Å²) >= 11 is 6.33. The third-order valence-corrected chi connectivity index (χ3v) is 16.9. The van der Waals surface area contributed by atoms with Gasteiger partial charge in [-0.15, -0.1) is 11.6 Å². The van der Waals surface area contributed by atoms with Gasteiger partial charge in [-0.3, -0.25) is 0 Å². The van der Waals surface area contributed by atoms with Crippen LogP contribution in [0.1, 0.15) is 0 Å². The van der Waals surface area contributed by atoms with Crippen molar-refractivity contribution < 1.29 is 8.78 Å². The lowest BCUT2D eigenvalue weighted by molar-refractivity contribution is 0.628. The Morgan fingerprint density at radius 2 is 1.18 bits per heavy atom. The van der Waals surface area contributed by atoms with Crippen molar-refractivity contribution in [2.75, 3.05) is 5.50 Å². The molecule has 0 bridgehead atoms. The number of alkyl halides is 1. The van der Waals surface area contributed by atoms with Crippen LogP contribution in [0, 0.1) is 11.6 Å². The van der Waals surface area contributed by atoms with Gasteiger partial charge in [0.2, 0.25) is 0 Å². The van der Waals surface area contributed by atoms with E-state index in [1.807, 2.05) is 24.3 Å². The third-order valence-electron chi connectivity index (χ3n) is 4.29. The highest BCUT2D eigenvalue weighted by molar-refractivity contribution is 7.08. The maximum Gasteiger partial charge on any atom is 0.123 e. The molecule has 0 aliphatic rings. The van der Waals surface area contributed by atoms with E-state index in [1.54, 1.807) is 0 Å². The summed E-state index contributed by atoms with van der Waals surface area (Å²) in [5, 5.41) is 2.42. The van der Waals surface area contributed by atoms with E-state index in [2.05, 4.69) is 19.6 Å². The van der Waals surface area contributed by atoms with Crippen molar-refractivity contribution >= 4 is 38.1 Å². The van der Waals surface area contributed by atoms with Gasteiger partial charge in [0, 0.05) is 5.50 Å². The summed E-state index contributed by atoms with van der Waals surface area (Å²) in [7, 11) is -3.63. The molecule has 2 aromatic carbocycles. The van der Waals surface area contributed by atoms with Crippen LogP contribution in [-0.4, -0.2) is 21.7 Å². The summed E-state index contributed by atoms with van der Waals surface area (Å²) < 4.78 is 26.3. The fraction of sp³-hybridized carbons (Fsp3) is 0.294. The predicted molar refractivity (Wildman–Crippen MR) is 96.7 cm³/mol. The van der Waals surface area contributed by atoms with Crippen molar-refractivity contribution in [1.29, 1.82) is 0 Å². The molecule has 0 heterocycles. The molecule has 0 aliphatic heterocycles. The maximum atomic E-state index is 13.2. The lowest BCUT2D eigenvalue weighted by atomic mass is 10.3. The normalized spacial score (nSPS) is 14.6. The molecule has 0 saturated carbocycles. The Hall–Kier alpha value is -0.976. The van der Waals surface area contributed by atoms with E-state index in [-0.39, 0.29) is 11.6 Å². The molecule has 22 heavy (non-hydrogen) atoms. The molecule has 5 heteroatoms. The maximum absolute atomic E-state index is 13.2. The molecule has 0 nitrogen and oxygen atoms in total. The van der Waals surface area contributed by atoms with E-state index < -0.39 is 16.1 Å². The molecule has 0 radical (unpaired) electrons. The van der Waals surface area contributed by atoms with E-state index in [4.69, 9.17) is 11.6 Å². The molecule has 1 atom stereocenters. The first-order valence-corrected chi connectivity index (χ1v) is 14.0. The molecular formula is C17H21ClF2Si2. The minimum atomic E-state index is -1.89. The van der Waals surface area contributed by atoms with E-state index in [0.717, 1.165) is 5.67 Å². The van der Waals surface area contributed by atoms with Crippen molar-refractivity contribution in [2.45, 2.75) is 25.3 Å². The van der Waals surface area contributed by atoms with Crippen LogP contribution in [0.4, 0.5) is 8.78 Å². The lowest BCUT2D eigenvalue weighted by Gasteiger charge is -2.34. The zero-order valence-electron chi connectivity index (χ0n) is 13.2. The Morgan fingerprint density at radius 3 is 1.59 bits per heavy atom. The van der Waals surface area contributed by atoms with Crippen LogP contribution in [0.2, 0.25) is 25.3 Å². The van der Waals surface area contributed by atoms with E-state index >= 15 is 0 Å². The van der Waals surface area contributed by atoms with Gasteiger partial charge >= 0.3 is 0 Å². The Bertz CT molecular complexity index is 626. The molecule has 118 valence electrons. The zero-order chi connectivity index (χ0) is 16.4. The van der Waals surface area contributed by atoms with Gasteiger partial charge < -0.3 is 0 Å². The molecule has 1 unspecified atom stereocenters. The van der Waals surface area contributed by atoms with Crippen molar-refractivity contribution in [2.24, 2.45) is 0 Å². The van der Waals surface area contributed by atoms with Gasteiger partial charge in [-0.2, -0.15) is 0 Å². The van der Waals surface area contributed by atoms with E-state index in [9.17, 15) is 8.78 Å². The van der Waals surface area contributed by atoms with Crippen molar-refractivity contribution in [3.05, 3.63) is 60.2 Å². The van der Waals surface area contributed by atoms with Gasteiger partial charge in [0.15, 0.2) is 0 Å². The lowest BCUT2D eigenvalue weighted by Crippen LogP contribution is -2.57. The molecular weight excluding hydrogens is 334 g/mol. The number of hydrogen-bond donors (Lipinski definition) is 0. The van der Waals surface area contributed by atoms with Gasteiger partial charge in [-0.25, -0.2) is 8.78 Å². The highest BCUT2D eigenvalue weighted by Gasteiger charge is 2.37. The topological polar surface area (TPSA) is 0 Å². The summed E-state index contributed by atoms with van der Waals surface area (Å²) in [6.45, 7) is 6.84. The Kier molecular flexibility index (Phi) is 5.25. The van der Waals surface area contributed by atoms with Gasteiger partial charge in [0.1, 0.15) is 11.6 Å². The standard InChI is InChI=1S/C17H21ClF2Si2/c1-21(2,16-8-4-14(19)5-9-16)13-22(3,12-18)17-10-6-15(20)7-11-17/h4-11H,12-13H2,1-3H3. The van der Waals surface area contributed by atoms with Crippen LogP contribution in [0.15, 0.2) is 48.5 Å². The van der Waals surface area contributed by atoms with Gasteiger partial charge in [-0.1, -0.05) is 59.9 Å². The second-order valence-electron chi connectivity index (χ2n) is 6.77. The highest BCUT2D eigenvalue weighted by atomic mass is 35.5. The highest BCUT2D eigenvalue weighted by Crippen LogP contribution is 2.22. The fourth-order valence-corrected chi connectivity index (χ4v) is 16.4. The molecule has 2 rings (SSSR count). The molecule has 0 N–H and O–H groups in total. The van der Waals surface area contributed by atoms with Gasteiger partial charge in [-0.05, 0) is 24.3 Å². The second kappa shape index (κ2) is 6.64. The SMILES string of the molecule is C[Si](C)(C[Si](C)(CCl)c1ccc(F)cc1)c1ccc(F)cc1. The molecule has 0 saturated heterocycles. The van der Waals surface area contributed by atoms with Gasteiger partial charge in [0.05, 0.1) is 16.1 Å². The van der Waals surface area contributed by atoms with Crippen LogP contribution in [-0.2, 0) is 0 Å². The Balaban J connectivity index is 2.31. The average molecular weight is 355 g/mol. The minimum absolute atomic E-state index is 0.204. The van der Waals surface area contributed by atoms with Crippen LogP contribution in [0.3, 0.4) is 0 Å². The van der Waals surface area contributed by atoms with Crippen LogP contribution < -0.4 is 10.4 Å². The molecule has 2 aromatic rings. The monoisotopic (exact) mass is 354 g/mol. The summed E-state index contributed by atoms with van der Waals surface area (Å²) in [4.78, 5) is 0. The van der Waals surface area contributed by atoms with Crippen molar-refractivity contribution in [3.63, 3.8) is 0 Å². The Morgan fingerprint density at radius 1 is 0.773 bits per heavy atom. The first-order valence-electron chi connectivity index (χ1n) is 7.35. The van der Waals surface area contributed by atoms with Gasteiger partial charge in [0.25, 0.3) is 0 Å². The van der Waals surface area contributed by atoms with Crippen LogP contribution in [0.5, 0.6) is 0 Å². The summed E-state index contributed by atoms with van der Waals surface area (Å²) in [5.74, 6) is -0.422. The predicted octanol–water partition coefficient (Wildman–Crippen LogP) is 4.18. The molecule has 0 aromatic heterocycles. The number of benzene rings is 2. The largest absolute Gasteiger partial charge is 0.207 e. The quantitative estimate of drug-likeness (QED) is 0.558. The first kappa shape index (κ1) is 17.4. The van der Waals surface area contributed by atoms with Crippen molar-refractivity contribution in [3.8, 4) is 0 Å². The molecule has 0 spiro atoms.